The fraction of sp³-hybridized carbons (Fsp3) is 0.625. The highest BCUT2D eigenvalue weighted by atomic mass is 16.5. The highest BCUT2D eigenvalue weighted by Crippen LogP contribution is 2.28. The molecule has 182 valence electrons. The second kappa shape index (κ2) is 12.6. The van der Waals surface area contributed by atoms with E-state index in [1.165, 1.54) is 6.42 Å². The minimum Gasteiger partial charge on any atom is -0.465 e. The number of carbonyl (C=O) groups is 3. The molecule has 3 amide bonds. The number of nitrogens with one attached hydrogen (secondary N) is 2. The third kappa shape index (κ3) is 7.43. The number of hydrogen-bond acceptors (Lipinski definition) is 5. The molecule has 0 saturated heterocycles. The summed E-state index contributed by atoms with van der Waals surface area (Å²) in [6.07, 6.45) is 4.94. The molecule has 1 aromatic carbocycles. The summed E-state index contributed by atoms with van der Waals surface area (Å²) in [5, 5.41) is 24.0. The zero-order valence-electron chi connectivity index (χ0n) is 19.0. The number of para-hydroxylation sites is 1. The Morgan fingerprint density at radius 3 is 2.61 bits per heavy atom. The summed E-state index contributed by atoms with van der Waals surface area (Å²) in [7, 11) is 0. The molecule has 9 nitrogen and oxygen atoms in total. The number of rotatable bonds is 9. The van der Waals surface area contributed by atoms with Crippen LogP contribution in [-0.4, -0.2) is 60.0 Å². The van der Waals surface area contributed by atoms with Crippen LogP contribution in [0.4, 0.5) is 10.5 Å². The lowest BCUT2D eigenvalue weighted by molar-refractivity contribution is -0.125. The lowest BCUT2D eigenvalue weighted by Crippen LogP contribution is -2.51. The quantitative estimate of drug-likeness (QED) is 0.447. The van der Waals surface area contributed by atoms with Gasteiger partial charge in [-0.3, -0.25) is 9.59 Å². The van der Waals surface area contributed by atoms with E-state index in [2.05, 4.69) is 10.6 Å². The van der Waals surface area contributed by atoms with E-state index in [0.717, 1.165) is 36.9 Å². The lowest BCUT2D eigenvalue weighted by Gasteiger charge is -2.27. The Bertz CT molecular complexity index is 811. The van der Waals surface area contributed by atoms with Crippen LogP contribution in [0.15, 0.2) is 24.3 Å². The molecule has 2 atom stereocenters. The molecule has 1 aliphatic heterocycles. The number of carboxylic acid groups (broad SMARTS) is 1. The molecular weight excluding hydrogens is 426 g/mol. The smallest absolute Gasteiger partial charge is 0.405 e. The molecule has 1 saturated carbocycles. The molecule has 0 bridgehead atoms. The van der Waals surface area contributed by atoms with Gasteiger partial charge in [0.05, 0.1) is 25.9 Å². The molecule has 1 aromatic rings. The first-order valence-electron chi connectivity index (χ1n) is 11.8. The van der Waals surface area contributed by atoms with Crippen molar-refractivity contribution in [3.05, 3.63) is 29.8 Å². The monoisotopic (exact) mass is 461 g/mol. The van der Waals surface area contributed by atoms with Gasteiger partial charge in [0.15, 0.2) is 0 Å². The third-order valence-electron chi connectivity index (χ3n) is 6.48. The van der Waals surface area contributed by atoms with Gasteiger partial charge in [0.1, 0.15) is 6.04 Å². The van der Waals surface area contributed by atoms with E-state index >= 15 is 0 Å². The number of aliphatic hydroxyl groups is 1. The normalized spacial score (nSPS) is 18.5. The van der Waals surface area contributed by atoms with Gasteiger partial charge in [0, 0.05) is 24.2 Å². The van der Waals surface area contributed by atoms with Crippen molar-refractivity contribution in [2.75, 3.05) is 24.7 Å². The van der Waals surface area contributed by atoms with Crippen LogP contribution in [0.25, 0.3) is 0 Å². The number of carbonyl (C=O) groups excluding carboxylic acids is 2. The number of nitrogens with zero attached hydrogens (tertiary/aromatic N) is 1. The van der Waals surface area contributed by atoms with Crippen molar-refractivity contribution in [1.29, 1.82) is 0 Å². The molecule has 33 heavy (non-hydrogen) atoms. The number of aliphatic hydroxyl groups excluding tert-OH is 1. The van der Waals surface area contributed by atoms with E-state index in [1.807, 2.05) is 24.3 Å². The van der Waals surface area contributed by atoms with Crippen LogP contribution in [0.3, 0.4) is 0 Å². The average Bonchev–Trinajstić information content (AvgIpc) is 3.04. The summed E-state index contributed by atoms with van der Waals surface area (Å²) in [5.74, 6) is -0.258. The van der Waals surface area contributed by atoms with Gasteiger partial charge in [0.25, 0.3) is 0 Å². The SMILES string of the molecule is O=C(O)N[C@@H](CC1CCCCC1)C(=O)N[C@H](CO)CCC(=O)N1CCOCc2ccccc21. The van der Waals surface area contributed by atoms with Crippen LogP contribution in [0.2, 0.25) is 0 Å². The topological polar surface area (TPSA) is 128 Å². The summed E-state index contributed by atoms with van der Waals surface area (Å²) in [6.45, 7) is 0.998. The summed E-state index contributed by atoms with van der Waals surface area (Å²) in [4.78, 5) is 38.7. The van der Waals surface area contributed by atoms with Gasteiger partial charge < -0.3 is 30.5 Å². The van der Waals surface area contributed by atoms with Crippen molar-refractivity contribution < 1.29 is 29.3 Å². The maximum absolute atomic E-state index is 12.9. The lowest BCUT2D eigenvalue weighted by atomic mass is 9.84. The number of anilines is 1. The fourth-order valence-electron chi connectivity index (χ4n) is 4.69. The molecule has 1 heterocycles. The van der Waals surface area contributed by atoms with Crippen molar-refractivity contribution >= 4 is 23.6 Å². The molecule has 3 rings (SSSR count). The Morgan fingerprint density at radius 2 is 1.88 bits per heavy atom. The maximum atomic E-state index is 12.9. The molecule has 0 radical (unpaired) electrons. The second-order valence-electron chi connectivity index (χ2n) is 8.90. The fourth-order valence-corrected chi connectivity index (χ4v) is 4.69. The van der Waals surface area contributed by atoms with Gasteiger partial charge in [-0.15, -0.1) is 0 Å². The zero-order valence-corrected chi connectivity index (χ0v) is 19.0. The van der Waals surface area contributed by atoms with E-state index in [4.69, 9.17) is 4.74 Å². The van der Waals surface area contributed by atoms with Crippen LogP contribution >= 0.6 is 0 Å². The molecule has 1 fully saturated rings. The Balaban J connectivity index is 1.56. The number of amides is 3. The number of benzene rings is 1. The van der Waals surface area contributed by atoms with Crippen LogP contribution in [0.1, 0.15) is 56.9 Å². The zero-order chi connectivity index (χ0) is 23.6. The van der Waals surface area contributed by atoms with E-state index in [9.17, 15) is 24.6 Å². The van der Waals surface area contributed by atoms with Crippen molar-refractivity contribution in [2.45, 2.75) is 70.1 Å². The summed E-state index contributed by atoms with van der Waals surface area (Å²) >= 11 is 0. The molecule has 0 unspecified atom stereocenters. The summed E-state index contributed by atoms with van der Waals surface area (Å²) in [5.41, 5.74) is 1.77. The van der Waals surface area contributed by atoms with Gasteiger partial charge >= 0.3 is 6.09 Å². The van der Waals surface area contributed by atoms with E-state index < -0.39 is 24.1 Å². The first kappa shape index (κ1) is 25.0. The summed E-state index contributed by atoms with van der Waals surface area (Å²) in [6, 6.07) is 6.10. The van der Waals surface area contributed by atoms with Crippen LogP contribution in [0.5, 0.6) is 0 Å². The average molecular weight is 462 g/mol. The largest absolute Gasteiger partial charge is 0.465 e. The Hall–Kier alpha value is -2.65. The van der Waals surface area contributed by atoms with Crippen molar-refractivity contribution in [3.8, 4) is 0 Å². The Kier molecular flexibility index (Phi) is 9.50. The first-order chi connectivity index (χ1) is 16.0. The van der Waals surface area contributed by atoms with E-state index in [0.29, 0.717) is 32.1 Å². The van der Waals surface area contributed by atoms with Gasteiger partial charge in [-0.1, -0.05) is 50.3 Å². The Morgan fingerprint density at radius 1 is 1.12 bits per heavy atom. The predicted molar refractivity (Wildman–Crippen MR) is 123 cm³/mol. The minimum atomic E-state index is -1.25. The summed E-state index contributed by atoms with van der Waals surface area (Å²) < 4.78 is 5.58. The highest BCUT2D eigenvalue weighted by Gasteiger charge is 2.28. The van der Waals surface area contributed by atoms with Crippen molar-refractivity contribution in [1.82, 2.24) is 10.6 Å². The van der Waals surface area contributed by atoms with Crippen LogP contribution in [0, 0.1) is 5.92 Å². The first-order valence-corrected chi connectivity index (χ1v) is 11.8. The molecule has 1 aliphatic carbocycles. The van der Waals surface area contributed by atoms with Gasteiger partial charge in [-0.05, 0) is 24.8 Å². The predicted octanol–water partition coefficient (Wildman–Crippen LogP) is 2.41. The van der Waals surface area contributed by atoms with Crippen molar-refractivity contribution in [3.63, 3.8) is 0 Å². The maximum Gasteiger partial charge on any atom is 0.405 e. The molecule has 2 aliphatic rings. The van der Waals surface area contributed by atoms with Gasteiger partial charge in [-0.2, -0.15) is 0 Å². The number of hydrogen-bond donors (Lipinski definition) is 4. The number of fused-ring (bicyclic) bond motifs is 1. The van der Waals surface area contributed by atoms with Crippen LogP contribution < -0.4 is 15.5 Å². The van der Waals surface area contributed by atoms with E-state index in [-0.39, 0.29) is 25.4 Å². The molecular formula is C24H35N3O6. The number of ether oxygens (including phenoxy) is 1. The highest BCUT2D eigenvalue weighted by molar-refractivity contribution is 5.94. The van der Waals surface area contributed by atoms with Crippen LogP contribution in [-0.2, 0) is 20.9 Å². The van der Waals surface area contributed by atoms with Crippen molar-refractivity contribution in [2.24, 2.45) is 5.92 Å². The van der Waals surface area contributed by atoms with Gasteiger partial charge in [0.2, 0.25) is 11.8 Å². The standard InChI is InChI=1S/C24H35N3O6/c28-15-19(25-23(30)20(26-24(31)32)14-17-6-2-1-3-7-17)10-11-22(29)27-12-13-33-16-18-8-4-5-9-21(18)27/h4-5,8-9,17,19-20,26,28H,1-3,6-7,10-16H2,(H,25,30)(H,31,32)/t19-,20-/m0/s1. The molecule has 0 aromatic heterocycles. The van der Waals surface area contributed by atoms with E-state index in [1.54, 1.807) is 4.90 Å². The second-order valence-corrected chi connectivity index (χ2v) is 8.90. The Labute approximate surface area is 194 Å². The molecule has 4 N–H and O–H groups in total. The van der Waals surface area contributed by atoms with Gasteiger partial charge in [-0.25, -0.2) is 4.79 Å². The minimum absolute atomic E-state index is 0.108. The molecule has 9 heteroatoms. The third-order valence-corrected chi connectivity index (χ3v) is 6.48. The molecule has 0 spiro atoms.